The molecule has 1 N–H and O–H groups in total. The molecule has 0 amide bonds. The number of carbonyl (C=O) groups excluding carboxylic acids is 1. The number of anilines is 2. The zero-order valence-electron chi connectivity index (χ0n) is 18.0. The van der Waals surface area contributed by atoms with Gasteiger partial charge in [0.05, 0.1) is 48.8 Å². The van der Waals surface area contributed by atoms with Crippen LogP contribution in [0.25, 0.3) is 0 Å². The fraction of sp³-hybridized carbons (Fsp3) is 0.318. The number of nitrogens with one attached hydrogen (secondary N) is 1. The van der Waals surface area contributed by atoms with Crippen molar-refractivity contribution in [2.24, 2.45) is 9.98 Å². The molecule has 0 aliphatic carbocycles. The van der Waals surface area contributed by atoms with E-state index < -0.39 is 23.3 Å². The Morgan fingerprint density at radius 1 is 1.38 bits per heavy atom. The lowest BCUT2D eigenvalue weighted by Gasteiger charge is -2.32. The zero-order chi connectivity index (χ0) is 24.3. The van der Waals surface area contributed by atoms with E-state index in [2.05, 4.69) is 20.3 Å². The summed E-state index contributed by atoms with van der Waals surface area (Å²) in [5, 5.41) is 12.1. The Morgan fingerprint density at radius 3 is 2.94 bits per heavy atom. The molecule has 0 atom stereocenters. The number of hydrogen-bond donors (Lipinski definition) is 1. The number of hydrogen-bond acceptors (Lipinski definition) is 9. The van der Waals surface area contributed by atoms with Crippen LogP contribution in [0.1, 0.15) is 35.0 Å². The Balaban J connectivity index is 1.56. The number of halogens is 3. The van der Waals surface area contributed by atoms with Crippen LogP contribution >= 0.6 is 0 Å². The number of nitriles is 1. The molecule has 2 aliphatic rings. The molecule has 1 aromatic carbocycles. The lowest BCUT2D eigenvalue weighted by molar-refractivity contribution is -0.137. The third kappa shape index (κ3) is 4.78. The summed E-state index contributed by atoms with van der Waals surface area (Å²) >= 11 is 0. The van der Waals surface area contributed by atoms with Crippen molar-refractivity contribution in [2.45, 2.75) is 19.5 Å². The molecule has 0 radical (unpaired) electrons. The van der Waals surface area contributed by atoms with E-state index in [0.29, 0.717) is 30.1 Å². The van der Waals surface area contributed by atoms with Crippen LogP contribution in [0.4, 0.5) is 24.9 Å². The number of fused-ring (bicyclic) bond motifs is 1. The smallest absolute Gasteiger partial charge is 0.417 e. The molecule has 0 saturated carbocycles. The number of piperidine rings is 1. The van der Waals surface area contributed by atoms with Gasteiger partial charge in [0.2, 0.25) is 5.76 Å². The van der Waals surface area contributed by atoms with Crippen molar-refractivity contribution in [3.8, 4) is 6.07 Å². The van der Waals surface area contributed by atoms with Crippen molar-refractivity contribution in [1.29, 1.82) is 5.26 Å². The average Bonchev–Trinajstić information content (AvgIpc) is 3.19. The quantitative estimate of drug-likeness (QED) is 0.658. The molecule has 1 saturated heterocycles. The van der Waals surface area contributed by atoms with E-state index in [1.165, 1.54) is 24.7 Å². The highest BCUT2D eigenvalue weighted by Crippen LogP contribution is 2.35. The minimum absolute atomic E-state index is 0.0444. The summed E-state index contributed by atoms with van der Waals surface area (Å²) in [5.41, 5.74) is 1.09. The topological polar surface area (TPSA) is 116 Å². The predicted octanol–water partition coefficient (Wildman–Crippen LogP) is 3.80. The predicted molar refractivity (Wildman–Crippen MR) is 117 cm³/mol. The van der Waals surface area contributed by atoms with Crippen molar-refractivity contribution in [2.75, 3.05) is 36.5 Å². The highest BCUT2D eigenvalue weighted by molar-refractivity contribution is 6.08. The first-order valence-corrected chi connectivity index (χ1v) is 10.3. The fourth-order valence-electron chi connectivity index (χ4n) is 3.68. The van der Waals surface area contributed by atoms with Crippen LogP contribution < -0.4 is 10.2 Å². The summed E-state index contributed by atoms with van der Waals surface area (Å²) in [7, 11) is 0. The van der Waals surface area contributed by atoms with Crippen LogP contribution in [0, 0.1) is 11.3 Å². The van der Waals surface area contributed by atoms with E-state index in [4.69, 9.17) is 14.4 Å². The van der Waals surface area contributed by atoms with Gasteiger partial charge >= 0.3 is 12.1 Å². The molecule has 176 valence electrons. The van der Waals surface area contributed by atoms with Gasteiger partial charge in [-0.3, -0.25) is 4.99 Å². The van der Waals surface area contributed by atoms with Gasteiger partial charge in [0.1, 0.15) is 6.34 Å². The van der Waals surface area contributed by atoms with Gasteiger partial charge in [-0.2, -0.15) is 18.4 Å². The lowest BCUT2D eigenvalue weighted by Crippen LogP contribution is -2.38. The number of alkyl halides is 3. The molecule has 0 unspecified atom stereocenters. The van der Waals surface area contributed by atoms with Crippen LogP contribution in [0.5, 0.6) is 0 Å². The molecule has 1 fully saturated rings. The molecule has 1 aromatic heterocycles. The first-order chi connectivity index (χ1) is 16.3. The number of aliphatic imine (C=N–C) groups is 2. The van der Waals surface area contributed by atoms with E-state index >= 15 is 0 Å². The molecule has 34 heavy (non-hydrogen) atoms. The maximum absolute atomic E-state index is 13.4. The molecule has 4 rings (SSSR count). The van der Waals surface area contributed by atoms with Gasteiger partial charge in [0, 0.05) is 17.9 Å². The third-order valence-corrected chi connectivity index (χ3v) is 5.26. The Morgan fingerprint density at radius 2 is 2.21 bits per heavy atom. The Labute approximate surface area is 192 Å². The number of rotatable bonds is 5. The summed E-state index contributed by atoms with van der Waals surface area (Å²) in [6.07, 6.45) is -1.51. The molecule has 9 nitrogen and oxygen atoms in total. The molecule has 0 bridgehead atoms. The number of esters is 1. The highest BCUT2D eigenvalue weighted by atomic mass is 19.4. The van der Waals surface area contributed by atoms with E-state index in [1.54, 1.807) is 17.9 Å². The van der Waals surface area contributed by atoms with Gasteiger partial charge < -0.3 is 19.4 Å². The van der Waals surface area contributed by atoms with Gasteiger partial charge in [-0.1, -0.05) is 0 Å². The van der Waals surface area contributed by atoms with Gasteiger partial charge in [-0.15, -0.1) is 0 Å². The largest absolute Gasteiger partial charge is 0.460 e. The number of carbonyl (C=O) groups is 1. The minimum atomic E-state index is -4.63. The molecule has 12 heteroatoms. The number of benzene rings is 1. The Hall–Kier alpha value is -4.14. The summed E-state index contributed by atoms with van der Waals surface area (Å²) < 4.78 is 50.5. The van der Waals surface area contributed by atoms with E-state index in [-0.39, 0.29) is 31.5 Å². The Kier molecular flexibility index (Phi) is 6.36. The molecule has 2 aromatic rings. The van der Waals surface area contributed by atoms with Gasteiger partial charge in [-0.25, -0.2) is 14.8 Å². The average molecular weight is 472 g/mol. The second kappa shape index (κ2) is 9.38. The van der Waals surface area contributed by atoms with E-state index in [1.807, 2.05) is 0 Å². The van der Waals surface area contributed by atoms with Crippen LogP contribution in [0.3, 0.4) is 0 Å². The number of aromatic nitrogens is 1. The summed E-state index contributed by atoms with van der Waals surface area (Å²) in [6.45, 7) is 2.80. The lowest BCUT2D eigenvalue weighted by atomic mass is 9.97. The second-order valence-corrected chi connectivity index (χ2v) is 7.38. The van der Waals surface area contributed by atoms with Crippen molar-refractivity contribution in [3.05, 3.63) is 52.6 Å². The molecule has 3 heterocycles. The number of nitrogens with zero attached hydrogens (tertiary/aromatic N) is 5. The van der Waals surface area contributed by atoms with Crippen LogP contribution in [0.2, 0.25) is 0 Å². The summed E-state index contributed by atoms with van der Waals surface area (Å²) in [5.74, 6) is -0.673. The molecule has 0 spiro atoms. The third-order valence-electron chi connectivity index (χ3n) is 5.26. The minimum Gasteiger partial charge on any atom is -0.460 e. The number of ether oxygens (including phenoxy) is 1. The maximum atomic E-state index is 13.4. The first-order valence-electron chi connectivity index (χ1n) is 10.3. The standard InChI is InChI=1S/C22H19F3N6O3/c1-2-33-20(32)19-10-28-21(34-19)30-17-9-27-12-29-18-11-31(6-5-15(17)18)14-4-3-13(8-26)16(7-14)22(23,24)25/h3-4,7,10,12H,2,5-6,9,11H2,1H3,(H,28,30). The molecular formula is C22H19F3N6O3. The normalized spacial score (nSPS) is 15.9. The Bertz CT molecular complexity index is 1240. The van der Waals surface area contributed by atoms with Crippen molar-refractivity contribution in [3.63, 3.8) is 0 Å². The van der Waals surface area contributed by atoms with Crippen LogP contribution in [0.15, 0.2) is 50.1 Å². The maximum Gasteiger partial charge on any atom is 0.417 e. The van der Waals surface area contributed by atoms with Gasteiger partial charge in [0.15, 0.2) is 0 Å². The SMILES string of the molecule is CCOC(=O)c1cnc(NC2=C3CCN(c4ccc(C#N)c(C(F)(F)F)c4)CC3=NC=NC2)o1. The first kappa shape index (κ1) is 23.0. The van der Waals surface area contributed by atoms with Gasteiger partial charge in [0.25, 0.3) is 6.01 Å². The summed E-state index contributed by atoms with van der Waals surface area (Å²) in [6, 6.07) is 5.34. The van der Waals surface area contributed by atoms with Crippen LogP contribution in [-0.4, -0.2) is 49.2 Å². The van der Waals surface area contributed by atoms with Crippen molar-refractivity contribution < 1.29 is 27.1 Å². The van der Waals surface area contributed by atoms with E-state index in [9.17, 15) is 18.0 Å². The molecule has 2 aliphatic heterocycles. The van der Waals surface area contributed by atoms with Gasteiger partial charge in [-0.05, 0) is 37.1 Å². The summed E-state index contributed by atoms with van der Waals surface area (Å²) in [4.78, 5) is 26.2. The molecular weight excluding hydrogens is 453 g/mol. The second-order valence-electron chi connectivity index (χ2n) is 7.38. The number of oxazole rings is 1. The van der Waals surface area contributed by atoms with Crippen molar-refractivity contribution >= 4 is 29.7 Å². The highest BCUT2D eigenvalue weighted by Gasteiger charge is 2.35. The fourth-order valence-corrected chi connectivity index (χ4v) is 3.68. The van der Waals surface area contributed by atoms with Crippen molar-refractivity contribution in [1.82, 2.24) is 4.98 Å². The zero-order valence-corrected chi connectivity index (χ0v) is 18.0. The van der Waals surface area contributed by atoms with E-state index in [0.717, 1.165) is 11.6 Å². The van der Waals surface area contributed by atoms with Crippen LogP contribution in [-0.2, 0) is 10.9 Å². The monoisotopic (exact) mass is 472 g/mol.